The molecule has 0 unspecified atom stereocenters. The fourth-order valence-electron chi connectivity index (χ4n) is 4.58. The molecule has 32 heavy (non-hydrogen) atoms. The van der Waals surface area contributed by atoms with E-state index in [1.165, 1.54) is 0 Å². The van der Waals surface area contributed by atoms with Gasteiger partial charge in [-0.15, -0.1) is 0 Å². The molecule has 6 heteroatoms. The third-order valence-electron chi connectivity index (χ3n) is 6.22. The molecule has 2 heterocycles. The number of nitrogens with zero attached hydrogens (tertiary/aromatic N) is 2. The quantitative estimate of drug-likeness (QED) is 0.490. The van der Waals surface area contributed by atoms with Crippen molar-refractivity contribution < 1.29 is 9.59 Å². The number of carbonyl (C=O) groups excluding carboxylic acids is 2. The predicted molar refractivity (Wildman–Crippen MR) is 125 cm³/mol. The minimum absolute atomic E-state index is 0.00765. The Morgan fingerprint density at radius 2 is 1.84 bits per heavy atom. The SMILES string of the molecule is O=C(NCc1cccc2ccccc12)[C@@H]1CCCN1C(=O)CCc1nc2ccccc2[nH]1. The van der Waals surface area contributed by atoms with E-state index in [0.29, 0.717) is 32.4 Å². The Bertz CT molecular complexity index is 1240. The lowest BCUT2D eigenvalue weighted by molar-refractivity contribution is -0.138. The molecule has 6 nitrogen and oxygen atoms in total. The van der Waals surface area contributed by atoms with Gasteiger partial charge >= 0.3 is 0 Å². The summed E-state index contributed by atoms with van der Waals surface area (Å²) in [6.07, 6.45) is 2.43. The zero-order valence-electron chi connectivity index (χ0n) is 17.9. The van der Waals surface area contributed by atoms with E-state index >= 15 is 0 Å². The van der Waals surface area contributed by atoms with Gasteiger partial charge in [0.2, 0.25) is 11.8 Å². The van der Waals surface area contributed by atoms with E-state index in [0.717, 1.165) is 39.6 Å². The number of likely N-dealkylation sites (tertiary alicyclic amines) is 1. The van der Waals surface area contributed by atoms with Gasteiger partial charge in [0.15, 0.2) is 0 Å². The first-order valence-corrected chi connectivity index (χ1v) is 11.2. The smallest absolute Gasteiger partial charge is 0.243 e. The molecule has 0 saturated carbocycles. The fraction of sp³-hybridized carbons (Fsp3) is 0.269. The number of aryl methyl sites for hydroxylation is 1. The number of H-pyrrole nitrogens is 1. The molecule has 1 saturated heterocycles. The Kier molecular flexibility index (Phi) is 5.58. The molecule has 0 radical (unpaired) electrons. The molecule has 1 fully saturated rings. The van der Waals surface area contributed by atoms with Gasteiger partial charge in [-0.3, -0.25) is 9.59 Å². The van der Waals surface area contributed by atoms with Crippen molar-refractivity contribution in [3.63, 3.8) is 0 Å². The summed E-state index contributed by atoms with van der Waals surface area (Å²) in [7, 11) is 0. The number of amides is 2. The number of hydrogen-bond acceptors (Lipinski definition) is 3. The second-order valence-corrected chi connectivity index (χ2v) is 8.30. The van der Waals surface area contributed by atoms with Crippen molar-refractivity contribution in [3.05, 3.63) is 78.1 Å². The summed E-state index contributed by atoms with van der Waals surface area (Å²) in [5.74, 6) is 0.733. The summed E-state index contributed by atoms with van der Waals surface area (Å²) >= 11 is 0. The van der Waals surface area contributed by atoms with Crippen molar-refractivity contribution in [3.8, 4) is 0 Å². The van der Waals surface area contributed by atoms with E-state index < -0.39 is 6.04 Å². The molecule has 162 valence electrons. The van der Waals surface area contributed by atoms with Gasteiger partial charge in [0.1, 0.15) is 11.9 Å². The molecule has 1 aliphatic rings. The Morgan fingerprint density at radius 1 is 1.03 bits per heavy atom. The van der Waals surface area contributed by atoms with Crippen LogP contribution in [0.4, 0.5) is 0 Å². The summed E-state index contributed by atoms with van der Waals surface area (Å²) in [6, 6.07) is 21.7. The van der Waals surface area contributed by atoms with Crippen molar-refractivity contribution in [2.45, 2.75) is 38.3 Å². The highest BCUT2D eigenvalue weighted by molar-refractivity contribution is 5.89. The Morgan fingerprint density at radius 3 is 2.75 bits per heavy atom. The third kappa shape index (κ3) is 4.08. The lowest BCUT2D eigenvalue weighted by Gasteiger charge is -2.24. The standard InChI is InChI=1S/C26H26N4O2/c31-25(15-14-24-28-21-11-3-4-12-22(21)29-24)30-16-6-13-23(30)26(32)27-17-19-9-5-8-18-7-1-2-10-20(18)19/h1-5,7-12,23H,6,13-17H2,(H,27,32)(H,28,29)/t23-/m0/s1. The van der Waals surface area contributed by atoms with E-state index in [1.807, 2.05) is 48.5 Å². The van der Waals surface area contributed by atoms with Crippen LogP contribution in [0.2, 0.25) is 0 Å². The molecule has 2 N–H and O–H groups in total. The van der Waals surface area contributed by atoms with Crippen LogP contribution in [-0.2, 0) is 22.6 Å². The van der Waals surface area contributed by atoms with Crippen LogP contribution in [0.25, 0.3) is 21.8 Å². The Hall–Kier alpha value is -3.67. The summed E-state index contributed by atoms with van der Waals surface area (Å²) in [5.41, 5.74) is 2.96. The minimum atomic E-state index is -0.395. The van der Waals surface area contributed by atoms with Gasteiger partial charge in [0, 0.05) is 25.9 Å². The molecule has 2 amide bonds. The lowest BCUT2D eigenvalue weighted by Crippen LogP contribution is -2.45. The summed E-state index contributed by atoms with van der Waals surface area (Å²) < 4.78 is 0. The van der Waals surface area contributed by atoms with Gasteiger partial charge in [-0.05, 0) is 41.3 Å². The summed E-state index contributed by atoms with van der Waals surface area (Å²) in [4.78, 5) is 35.4. The van der Waals surface area contributed by atoms with Crippen molar-refractivity contribution in [2.24, 2.45) is 0 Å². The molecule has 3 aromatic carbocycles. The zero-order chi connectivity index (χ0) is 21.9. The van der Waals surface area contributed by atoms with Crippen LogP contribution in [-0.4, -0.2) is 39.3 Å². The number of rotatable bonds is 6. The number of para-hydroxylation sites is 2. The van der Waals surface area contributed by atoms with Crippen molar-refractivity contribution in [1.82, 2.24) is 20.2 Å². The first kappa shape index (κ1) is 20.2. The Labute approximate surface area is 186 Å². The maximum atomic E-state index is 12.9. The van der Waals surface area contributed by atoms with Gasteiger partial charge in [-0.25, -0.2) is 4.98 Å². The predicted octanol–water partition coefficient (Wildman–Crippen LogP) is 3.96. The minimum Gasteiger partial charge on any atom is -0.350 e. The van der Waals surface area contributed by atoms with Crippen LogP contribution in [0, 0.1) is 0 Å². The molecule has 4 aromatic rings. The Balaban J connectivity index is 1.20. The van der Waals surface area contributed by atoms with Crippen molar-refractivity contribution in [2.75, 3.05) is 6.54 Å². The number of hydrogen-bond donors (Lipinski definition) is 2. The van der Waals surface area contributed by atoms with Gasteiger partial charge < -0.3 is 15.2 Å². The highest BCUT2D eigenvalue weighted by Gasteiger charge is 2.33. The van der Waals surface area contributed by atoms with Gasteiger partial charge in [-0.1, -0.05) is 54.6 Å². The molecule has 1 aliphatic heterocycles. The zero-order valence-corrected chi connectivity index (χ0v) is 17.9. The fourth-order valence-corrected chi connectivity index (χ4v) is 4.58. The average molecular weight is 427 g/mol. The highest BCUT2D eigenvalue weighted by Crippen LogP contribution is 2.21. The van der Waals surface area contributed by atoms with E-state index in [-0.39, 0.29) is 11.8 Å². The molecule has 0 bridgehead atoms. The second-order valence-electron chi connectivity index (χ2n) is 8.30. The van der Waals surface area contributed by atoms with Crippen molar-refractivity contribution >= 4 is 33.6 Å². The summed E-state index contributed by atoms with van der Waals surface area (Å²) in [6.45, 7) is 1.09. The van der Waals surface area contributed by atoms with Crippen molar-refractivity contribution in [1.29, 1.82) is 0 Å². The van der Waals surface area contributed by atoms with E-state index in [1.54, 1.807) is 4.90 Å². The van der Waals surface area contributed by atoms with E-state index in [9.17, 15) is 9.59 Å². The molecule has 0 aliphatic carbocycles. The number of nitrogens with one attached hydrogen (secondary N) is 2. The molecular weight excluding hydrogens is 400 g/mol. The third-order valence-corrected chi connectivity index (χ3v) is 6.22. The molecular formula is C26H26N4O2. The van der Waals surface area contributed by atoms with Crippen LogP contribution in [0.3, 0.4) is 0 Å². The number of aromatic amines is 1. The monoisotopic (exact) mass is 426 g/mol. The molecule has 1 aromatic heterocycles. The summed E-state index contributed by atoms with van der Waals surface area (Å²) in [5, 5.41) is 5.35. The molecule has 5 rings (SSSR count). The number of aromatic nitrogens is 2. The first-order valence-electron chi connectivity index (χ1n) is 11.2. The van der Waals surface area contributed by atoms with E-state index in [4.69, 9.17) is 0 Å². The number of benzene rings is 3. The first-order chi connectivity index (χ1) is 15.7. The average Bonchev–Trinajstić information content (AvgIpc) is 3.48. The number of fused-ring (bicyclic) bond motifs is 2. The largest absolute Gasteiger partial charge is 0.350 e. The van der Waals surface area contributed by atoms with Gasteiger partial charge in [0.25, 0.3) is 0 Å². The normalized spacial score (nSPS) is 16.0. The number of carbonyl (C=O) groups is 2. The van der Waals surface area contributed by atoms with Crippen LogP contribution < -0.4 is 5.32 Å². The van der Waals surface area contributed by atoms with E-state index in [2.05, 4.69) is 33.5 Å². The van der Waals surface area contributed by atoms with Crippen LogP contribution in [0.5, 0.6) is 0 Å². The van der Waals surface area contributed by atoms with Gasteiger partial charge in [0.05, 0.1) is 11.0 Å². The van der Waals surface area contributed by atoms with Gasteiger partial charge in [-0.2, -0.15) is 0 Å². The number of imidazole rings is 1. The van der Waals surface area contributed by atoms with Crippen LogP contribution in [0.1, 0.15) is 30.7 Å². The lowest BCUT2D eigenvalue weighted by atomic mass is 10.0. The van der Waals surface area contributed by atoms with Crippen LogP contribution in [0.15, 0.2) is 66.7 Å². The molecule has 0 spiro atoms. The second kappa shape index (κ2) is 8.83. The molecule has 1 atom stereocenters. The highest BCUT2D eigenvalue weighted by atomic mass is 16.2. The maximum Gasteiger partial charge on any atom is 0.243 e. The van der Waals surface area contributed by atoms with Crippen LogP contribution >= 0.6 is 0 Å². The topological polar surface area (TPSA) is 78.1 Å². The maximum absolute atomic E-state index is 12.9.